The maximum atomic E-state index is 11.9. The number of carbonyl (C=O) groups excluding carboxylic acids is 1. The van der Waals surface area contributed by atoms with Crippen LogP contribution in [0, 0.1) is 0 Å². The van der Waals surface area contributed by atoms with Crippen LogP contribution in [0.4, 0.5) is 0 Å². The van der Waals surface area contributed by atoms with E-state index in [-0.39, 0.29) is 11.2 Å². The van der Waals surface area contributed by atoms with Crippen LogP contribution >= 0.6 is 23.4 Å². The quantitative estimate of drug-likeness (QED) is 0.515. The molecule has 1 atom stereocenters. The lowest BCUT2D eigenvalue weighted by atomic mass is 10.2. The first-order valence-corrected chi connectivity index (χ1v) is 7.72. The van der Waals surface area contributed by atoms with Gasteiger partial charge in [0.25, 0.3) is 5.91 Å². The molecule has 0 radical (unpaired) electrons. The van der Waals surface area contributed by atoms with Crippen molar-refractivity contribution in [2.24, 2.45) is 5.10 Å². The van der Waals surface area contributed by atoms with E-state index in [0.717, 1.165) is 10.5 Å². The molecule has 0 bridgehead atoms. The van der Waals surface area contributed by atoms with Crippen molar-refractivity contribution in [1.29, 1.82) is 0 Å². The van der Waals surface area contributed by atoms with Crippen LogP contribution in [-0.2, 0) is 4.79 Å². The summed E-state index contributed by atoms with van der Waals surface area (Å²) in [6.07, 6.45) is 1.54. The van der Waals surface area contributed by atoms with Gasteiger partial charge in [-0.05, 0) is 25.1 Å². The fourth-order valence-corrected chi connectivity index (χ4v) is 2.66. The molecule has 0 fully saturated rings. The second-order valence-electron chi connectivity index (χ2n) is 4.33. The predicted octanol–water partition coefficient (Wildman–Crippen LogP) is 3.97. The molecule has 0 aliphatic rings. The summed E-state index contributed by atoms with van der Waals surface area (Å²) in [5.74, 6) is -0.146. The van der Waals surface area contributed by atoms with Gasteiger partial charge in [-0.2, -0.15) is 5.10 Å². The maximum absolute atomic E-state index is 11.9. The van der Waals surface area contributed by atoms with Crippen LogP contribution in [0.15, 0.2) is 64.6 Å². The van der Waals surface area contributed by atoms with Gasteiger partial charge in [0.05, 0.1) is 11.5 Å². The zero-order chi connectivity index (χ0) is 15.1. The number of rotatable bonds is 5. The smallest absolute Gasteiger partial charge is 0.253 e. The molecular weight excluding hydrogens is 304 g/mol. The van der Waals surface area contributed by atoms with E-state index < -0.39 is 0 Å². The Morgan fingerprint density at radius 3 is 2.57 bits per heavy atom. The normalized spacial score (nSPS) is 12.3. The molecule has 0 saturated carbocycles. The third kappa shape index (κ3) is 4.92. The number of halogens is 1. The SMILES string of the molecule is C[C@@H](Sc1ccccc1)C(=O)N/N=C\c1ccccc1Cl. The molecule has 0 spiro atoms. The highest BCUT2D eigenvalue weighted by atomic mass is 35.5. The lowest BCUT2D eigenvalue weighted by Crippen LogP contribution is -2.26. The predicted molar refractivity (Wildman–Crippen MR) is 88.9 cm³/mol. The number of benzene rings is 2. The summed E-state index contributed by atoms with van der Waals surface area (Å²) in [6.45, 7) is 1.85. The summed E-state index contributed by atoms with van der Waals surface area (Å²) in [5.41, 5.74) is 3.30. The highest BCUT2D eigenvalue weighted by Crippen LogP contribution is 2.22. The molecular formula is C16H15ClN2OS. The van der Waals surface area contributed by atoms with Gasteiger partial charge in [-0.3, -0.25) is 4.79 Å². The Morgan fingerprint density at radius 2 is 1.86 bits per heavy atom. The van der Waals surface area contributed by atoms with E-state index in [1.165, 1.54) is 11.8 Å². The Bertz CT molecular complexity index is 631. The van der Waals surface area contributed by atoms with E-state index >= 15 is 0 Å². The van der Waals surface area contributed by atoms with Crippen molar-refractivity contribution in [2.75, 3.05) is 0 Å². The maximum Gasteiger partial charge on any atom is 0.253 e. The topological polar surface area (TPSA) is 41.5 Å². The summed E-state index contributed by atoms with van der Waals surface area (Å²) >= 11 is 7.49. The number of nitrogens with zero attached hydrogens (tertiary/aromatic N) is 1. The Morgan fingerprint density at radius 1 is 1.19 bits per heavy atom. The molecule has 5 heteroatoms. The van der Waals surface area contributed by atoms with Crippen LogP contribution in [0.5, 0.6) is 0 Å². The first kappa shape index (κ1) is 15.6. The summed E-state index contributed by atoms with van der Waals surface area (Å²) < 4.78 is 0. The first-order valence-electron chi connectivity index (χ1n) is 6.46. The zero-order valence-corrected chi connectivity index (χ0v) is 13.1. The Hall–Kier alpha value is -1.78. The minimum Gasteiger partial charge on any atom is -0.272 e. The number of nitrogens with one attached hydrogen (secondary N) is 1. The van der Waals surface area contributed by atoms with Crippen LogP contribution < -0.4 is 5.43 Å². The lowest BCUT2D eigenvalue weighted by molar-refractivity contribution is -0.120. The summed E-state index contributed by atoms with van der Waals surface area (Å²) in [5, 5.41) is 4.32. The Kier molecular flexibility index (Phi) is 5.84. The number of carbonyl (C=O) groups is 1. The largest absolute Gasteiger partial charge is 0.272 e. The molecule has 2 aromatic rings. The minimum absolute atomic E-state index is 0.146. The molecule has 0 aromatic heterocycles. The molecule has 0 aliphatic carbocycles. The standard InChI is InChI=1S/C16H15ClN2OS/c1-12(21-14-8-3-2-4-9-14)16(20)19-18-11-13-7-5-6-10-15(13)17/h2-12H,1H3,(H,19,20)/b18-11-/t12-/m1/s1. The van der Waals surface area contributed by atoms with Gasteiger partial charge in [-0.25, -0.2) is 5.43 Å². The van der Waals surface area contributed by atoms with E-state index in [1.807, 2.05) is 55.5 Å². The number of hydrogen-bond acceptors (Lipinski definition) is 3. The molecule has 21 heavy (non-hydrogen) atoms. The van der Waals surface area contributed by atoms with E-state index in [4.69, 9.17) is 11.6 Å². The summed E-state index contributed by atoms with van der Waals surface area (Å²) in [4.78, 5) is 13.0. The third-order valence-electron chi connectivity index (χ3n) is 2.71. The Balaban J connectivity index is 1.88. The first-order chi connectivity index (χ1) is 10.2. The number of thioether (sulfide) groups is 1. The molecule has 0 saturated heterocycles. The van der Waals surface area contributed by atoms with Crippen LogP contribution in [0.1, 0.15) is 12.5 Å². The minimum atomic E-state index is -0.226. The zero-order valence-electron chi connectivity index (χ0n) is 11.5. The molecule has 1 amide bonds. The summed E-state index contributed by atoms with van der Waals surface area (Å²) in [7, 11) is 0. The second-order valence-corrected chi connectivity index (χ2v) is 6.15. The third-order valence-corrected chi connectivity index (χ3v) is 4.17. The Labute approximate surface area is 133 Å². The second kappa shape index (κ2) is 7.86. The molecule has 0 unspecified atom stereocenters. The summed E-state index contributed by atoms with van der Waals surface area (Å²) in [6, 6.07) is 17.1. The van der Waals surface area contributed by atoms with Crippen LogP contribution in [0.25, 0.3) is 0 Å². The van der Waals surface area contributed by atoms with Gasteiger partial charge in [0, 0.05) is 15.5 Å². The molecule has 3 nitrogen and oxygen atoms in total. The van der Waals surface area contributed by atoms with E-state index in [0.29, 0.717) is 5.02 Å². The highest BCUT2D eigenvalue weighted by Gasteiger charge is 2.13. The molecule has 2 aromatic carbocycles. The van der Waals surface area contributed by atoms with Gasteiger partial charge in [0.15, 0.2) is 0 Å². The van der Waals surface area contributed by atoms with Crippen molar-refractivity contribution < 1.29 is 4.79 Å². The average molecular weight is 319 g/mol. The van der Waals surface area contributed by atoms with Crippen molar-refractivity contribution in [2.45, 2.75) is 17.1 Å². The van der Waals surface area contributed by atoms with E-state index in [2.05, 4.69) is 10.5 Å². The number of hydrazone groups is 1. The van der Waals surface area contributed by atoms with Crippen molar-refractivity contribution >= 4 is 35.5 Å². The molecule has 2 rings (SSSR count). The van der Waals surface area contributed by atoms with E-state index in [9.17, 15) is 4.79 Å². The van der Waals surface area contributed by atoms with Crippen molar-refractivity contribution in [3.63, 3.8) is 0 Å². The fraction of sp³-hybridized carbons (Fsp3) is 0.125. The fourth-order valence-electron chi connectivity index (χ4n) is 1.59. The van der Waals surface area contributed by atoms with Crippen molar-refractivity contribution in [1.82, 2.24) is 5.43 Å². The average Bonchev–Trinajstić information content (AvgIpc) is 2.50. The van der Waals surface area contributed by atoms with Crippen molar-refractivity contribution in [3.05, 3.63) is 65.2 Å². The van der Waals surface area contributed by atoms with Crippen molar-refractivity contribution in [3.8, 4) is 0 Å². The van der Waals surface area contributed by atoms with Gasteiger partial charge in [0.1, 0.15) is 0 Å². The molecule has 1 N–H and O–H groups in total. The monoisotopic (exact) mass is 318 g/mol. The molecule has 108 valence electrons. The van der Waals surface area contributed by atoms with Gasteiger partial charge >= 0.3 is 0 Å². The van der Waals surface area contributed by atoms with Gasteiger partial charge in [-0.1, -0.05) is 48.0 Å². The van der Waals surface area contributed by atoms with Crippen LogP contribution in [0.3, 0.4) is 0 Å². The molecule has 0 aliphatic heterocycles. The number of hydrogen-bond donors (Lipinski definition) is 1. The van der Waals surface area contributed by atoms with Gasteiger partial charge < -0.3 is 0 Å². The lowest BCUT2D eigenvalue weighted by Gasteiger charge is -2.09. The van der Waals surface area contributed by atoms with Crippen LogP contribution in [-0.4, -0.2) is 17.4 Å². The highest BCUT2D eigenvalue weighted by molar-refractivity contribution is 8.00. The molecule has 0 heterocycles. The van der Waals surface area contributed by atoms with Gasteiger partial charge in [-0.15, -0.1) is 11.8 Å². The van der Waals surface area contributed by atoms with Gasteiger partial charge in [0.2, 0.25) is 0 Å². The number of amides is 1. The van der Waals surface area contributed by atoms with Crippen LogP contribution in [0.2, 0.25) is 5.02 Å². The van der Waals surface area contributed by atoms with E-state index in [1.54, 1.807) is 12.3 Å².